The summed E-state index contributed by atoms with van der Waals surface area (Å²) in [5, 5.41) is 8.16. The number of hydrogen-bond donors (Lipinski definition) is 2. The summed E-state index contributed by atoms with van der Waals surface area (Å²) in [7, 11) is 0. The minimum atomic E-state index is -0.256. The number of benzene rings is 2. The Kier molecular flexibility index (Phi) is 8.26. The van der Waals surface area contributed by atoms with Gasteiger partial charge in [0, 0.05) is 27.9 Å². The molecule has 0 aliphatic carbocycles. The van der Waals surface area contributed by atoms with Crippen molar-refractivity contribution in [3.8, 4) is 11.3 Å². The normalized spacial score (nSPS) is 11.7. The molecule has 1 aromatic heterocycles. The third-order valence-corrected chi connectivity index (χ3v) is 6.73. The van der Waals surface area contributed by atoms with Crippen LogP contribution in [0.5, 0.6) is 0 Å². The van der Waals surface area contributed by atoms with Crippen molar-refractivity contribution in [2.45, 2.75) is 50.2 Å². The molecule has 162 valence electrons. The maximum absolute atomic E-state index is 12.9. The summed E-state index contributed by atoms with van der Waals surface area (Å²) in [6, 6.07) is 15.8. The minimum Gasteiger partial charge on any atom is -0.326 e. The second-order valence-corrected chi connectivity index (χ2v) is 9.37. The number of anilines is 2. The summed E-state index contributed by atoms with van der Waals surface area (Å²) in [4.78, 5) is 30.2. The number of nitrogens with one attached hydrogen (secondary N) is 2. The van der Waals surface area contributed by atoms with Gasteiger partial charge in [0.2, 0.25) is 11.8 Å². The molecule has 0 saturated heterocycles. The first kappa shape index (κ1) is 23.0. The number of carbonyl (C=O) groups excluding carboxylic acids is 2. The molecular weight excluding hydrogens is 426 g/mol. The Bertz CT molecular complexity index is 1030. The molecule has 0 saturated carbocycles. The second-order valence-electron chi connectivity index (χ2n) is 7.23. The molecule has 1 heterocycles. The van der Waals surface area contributed by atoms with Crippen LogP contribution in [0.15, 0.2) is 58.8 Å². The highest BCUT2D eigenvalue weighted by Crippen LogP contribution is 2.30. The van der Waals surface area contributed by atoms with E-state index in [1.165, 1.54) is 28.7 Å². The number of hydrogen-bond acceptors (Lipinski definition) is 5. The fourth-order valence-electron chi connectivity index (χ4n) is 2.96. The molecule has 0 radical (unpaired) electrons. The molecule has 0 spiro atoms. The molecule has 31 heavy (non-hydrogen) atoms. The smallest absolute Gasteiger partial charge is 0.239 e. The van der Waals surface area contributed by atoms with Gasteiger partial charge >= 0.3 is 0 Å². The third-order valence-electron chi connectivity index (χ3n) is 4.62. The Morgan fingerprint density at radius 1 is 1.10 bits per heavy atom. The number of amides is 2. The number of nitrogens with zero attached hydrogens (tertiary/aromatic N) is 1. The highest BCUT2D eigenvalue weighted by molar-refractivity contribution is 8.00. The van der Waals surface area contributed by atoms with Crippen LogP contribution >= 0.6 is 23.1 Å². The van der Waals surface area contributed by atoms with Crippen molar-refractivity contribution in [1.29, 1.82) is 0 Å². The molecule has 7 heteroatoms. The van der Waals surface area contributed by atoms with Crippen LogP contribution in [-0.2, 0) is 9.59 Å². The zero-order valence-corrected chi connectivity index (χ0v) is 19.6. The van der Waals surface area contributed by atoms with Crippen LogP contribution in [0.2, 0.25) is 0 Å². The summed E-state index contributed by atoms with van der Waals surface area (Å²) >= 11 is 2.91. The molecule has 2 aromatic carbocycles. The summed E-state index contributed by atoms with van der Waals surface area (Å²) in [5.74, 6) is -0.0692. The average Bonchev–Trinajstić information content (AvgIpc) is 3.21. The van der Waals surface area contributed by atoms with Crippen molar-refractivity contribution in [3.63, 3.8) is 0 Å². The molecule has 2 N–H and O–H groups in total. The van der Waals surface area contributed by atoms with Crippen LogP contribution < -0.4 is 10.6 Å². The lowest BCUT2D eigenvalue weighted by molar-refractivity contribution is -0.116. The monoisotopic (exact) mass is 453 g/mol. The molecule has 1 unspecified atom stereocenters. The van der Waals surface area contributed by atoms with E-state index in [1.807, 2.05) is 62.5 Å². The Hall–Kier alpha value is -2.64. The van der Waals surface area contributed by atoms with Gasteiger partial charge in [-0.2, -0.15) is 0 Å². The van der Waals surface area contributed by atoms with Gasteiger partial charge in [-0.25, -0.2) is 4.98 Å². The van der Waals surface area contributed by atoms with Gasteiger partial charge in [0.15, 0.2) is 5.13 Å². The Morgan fingerprint density at radius 2 is 1.87 bits per heavy atom. The molecule has 0 bridgehead atoms. The molecular formula is C24H27N3O2S2. The van der Waals surface area contributed by atoms with Gasteiger partial charge in [-0.3, -0.25) is 9.59 Å². The van der Waals surface area contributed by atoms with Crippen molar-refractivity contribution >= 4 is 45.7 Å². The second kappa shape index (κ2) is 11.1. The van der Waals surface area contributed by atoms with Crippen LogP contribution in [0.25, 0.3) is 11.3 Å². The van der Waals surface area contributed by atoms with Crippen molar-refractivity contribution < 1.29 is 9.59 Å². The molecule has 3 rings (SSSR count). The van der Waals surface area contributed by atoms with E-state index in [2.05, 4.69) is 27.8 Å². The van der Waals surface area contributed by atoms with Gasteiger partial charge in [-0.15, -0.1) is 23.1 Å². The predicted molar refractivity (Wildman–Crippen MR) is 131 cm³/mol. The largest absolute Gasteiger partial charge is 0.326 e. The van der Waals surface area contributed by atoms with Gasteiger partial charge in [0.05, 0.1) is 10.9 Å². The van der Waals surface area contributed by atoms with Crippen molar-refractivity contribution in [2.75, 3.05) is 10.6 Å². The zero-order chi connectivity index (χ0) is 22.2. The SMILES string of the molecule is CCCC(=O)Nc1cccc(SC(CC)C(=O)Nc2nc(-c3ccc(C)cc3)cs2)c1. The summed E-state index contributed by atoms with van der Waals surface area (Å²) in [6.45, 7) is 6.01. The Labute approximate surface area is 191 Å². The van der Waals surface area contributed by atoms with Crippen molar-refractivity contribution in [2.24, 2.45) is 0 Å². The van der Waals surface area contributed by atoms with Crippen LogP contribution in [0.1, 0.15) is 38.7 Å². The maximum atomic E-state index is 12.9. The highest BCUT2D eigenvalue weighted by Gasteiger charge is 2.20. The van der Waals surface area contributed by atoms with Gasteiger partial charge in [-0.1, -0.05) is 49.7 Å². The molecule has 0 aliphatic heterocycles. The van der Waals surface area contributed by atoms with E-state index in [0.29, 0.717) is 18.0 Å². The van der Waals surface area contributed by atoms with E-state index in [1.54, 1.807) is 0 Å². The number of thiazole rings is 1. The molecule has 2 amide bonds. The van der Waals surface area contributed by atoms with Crippen LogP contribution in [-0.4, -0.2) is 22.0 Å². The quantitative estimate of drug-likeness (QED) is 0.370. The molecule has 1 atom stereocenters. The molecule has 3 aromatic rings. The van der Waals surface area contributed by atoms with Crippen LogP contribution in [0.3, 0.4) is 0 Å². The van der Waals surface area contributed by atoms with E-state index in [9.17, 15) is 9.59 Å². The first-order chi connectivity index (χ1) is 15.0. The predicted octanol–water partition coefficient (Wildman–Crippen LogP) is 6.37. The van der Waals surface area contributed by atoms with Crippen LogP contribution in [0, 0.1) is 6.92 Å². The van der Waals surface area contributed by atoms with Gasteiger partial charge < -0.3 is 10.6 Å². The van der Waals surface area contributed by atoms with E-state index < -0.39 is 0 Å². The molecule has 0 fully saturated rings. The summed E-state index contributed by atoms with van der Waals surface area (Å²) in [5.41, 5.74) is 3.84. The lowest BCUT2D eigenvalue weighted by Gasteiger charge is -2.14. The maximum Gasteiger partial charge on any atom is 0.239 e. The van der Waals surface area contributed by atoms with E-state index >= 15 is 0 Å². The van der Waals surface area contributed by atoms with Gasteiger partial charge in [0.25, 0.3) is 0 Å². The first-order valence-corrected chi connectivity index (χ1v) is 12.1. The average molecular weight is 454 g/mol. The number of thioether (sulfide) groups is 1. The first-order valence-electron chi connectivity index (χ1n) is 10.4. The number of rotatable bonds is 9. The molecule has 5 nitrogen and oxygen atoms in total. The third kappa shape index (κ3) is 6.67. The number of carbonyl (C=O) groups is 2. The minimum absolute atomic E-state index is 0.00239. The fourth-order valence-corrected chi connectivity index (χ4v) is 4.69. The fraction of sp³-hybridized carbons (Fsp3) is 0.292. The van der Waals surface area contributed by atoms with Crippen LogP contribution in [0.4, 0.5) is 10.8 Å². The number of aromatic nitrogens is 1. The lowest BCUT2D eigenvalue weighted by Crippen LogP contribution is -2.24. The Balaban J connectivity index is 1.63. The van der Waals surface area contributed by atoms with E-state index in [-0.39, 0.29) is 17.1 Å². The van der Waals surface area contributed by atoms with E-state index in [0.717, 1.165) is 28.3 Å². The summed E-state index contributed by atoms with van der Waals surface area (Å²) in [6.07, 6.45) is 1.98. The van der Waals surface area contributed by atoms with Crippen molar-refractivity contribution in [1.82, 2.24) is 4.98 Å². The van der Waals surface area contributed by atoms with E-state index in [4.69, 9.17) is 0 Å². The van der Waals surface area contributed by atoms with Gasteiger partial charge in [0.1, 0.15) is 0 Å². The Morgan fingerprint density at radius 3 is 2.58 bits per heavy atom. The summed E-state index contributed by atoms with van der Waals surface area (Å²) < 4.78 is 0. The zero-order valence-electron chi connectivity index (χ0n) is 18.0. The highest BCUT2D eigenvalue weighted by atomic mass is 32.2. The lowest BCUT2D eigenvalue weighted by atomic mass is 10.1. The molecule has 0 aliphatic rings. The standard InChI is InChI=1S/C24H27N3O2S2/c1-4-7-22(28)25-18-8-6-9-19(14-18)31-21(5-2)23(29)27-24-26-20(15-30-24)17-12-10-16(3)11-13-17/h6,8-15,21H,4-5,7H2,1-3H3,(H,25,28)(H,26,27,29). The van der Waals surface area contributed by atoms with Crippen molar-refractivity contribution in [3.05, 3.63) is 59.5 Å². The number of aryl methyl sites for hydroxylation is 1. The topological polar surface area (TPSA) is 71.1 Å². The van der Waals surface area contributed by atoms with Gasteiger partial charge in [-0.05, 0) is 38.0 Å².